The monoisotopic (exact) mass is 338 g/mol. The Morgan fingerprint density at radius 3 is 2.48 bits per heavy atom. The van der Waals surface area contributed by atoms with Gasteiger partial charge in [-0.3, -0.25) is 9.48 Å². The van der Waals surface area contributed by atoms with Crippen LogP contribution in [0.1, 0.15) is 5.69 Å². The topological polar surface area (TPSA) is 34.9 Å². The Kier molecular flexibility index (Phi) is 4.03. The highest BCUT2D eigenvalue weighted by atomic mass is 35.5. The minimum absolute atomic E-state index is 0.0170. The fraction of sp³-hybridized carbons (Fsp3) is 0.167. The Labute approximate surface area is 126 Å². The number of nitrogens with zero attached hydrogens (tertiary/aromatic N) is 2. The van der Waals surface area contributed by atoms with Crippen molar-refractivity contribution in [1.82, 2.24) is 9.78 Å². The minimum Gasteiger partial charge on any atom is -0.287 e. The van der Waals surface area contributed by atoms with E-state index in [1.807, 2.05) is 0 Å². The average molecular weight is 339 g/mol. The van der Waals surface area contributed by atoms with Crippen molar-refractivity contribution in [2.45, 2.75) is 11.1 Å². The van der Waals surface area contributed by atoms with Crippen molar-refractivity contribution in [3.8, 4) is 11.3 Å². The summed E-state index contributed by atoms with van der Waals surface area (Å²) in [5.41, 5.74) is -2.99. The summed E-state index contributed by atoms with van der Waals surface area (Å²) in [6.07, 6.45) is -4.73. The van der Waals surface area contributed by atoms with E-state index in [1.54, 1.807) is 0 Å². The van der Waals surface area contributed by atoms with Crippen LogP contribution in [0.15, 0.2) is 27.9 Å². The zero-order valence-corrected chi connectivity index (χ0v) is 12.0. The van der Waals surface area contributed by atoms with Crippen LogP contribution in [-0.2, 0) is 13.2 Å². The van der Waals surface area contributed by atoms with E-state index in [9.17, 15) is 22.4 Å². The molecule has 0 amide bonds. The highest BCUT2D eigenvalue weighted by molar-refractivity contribution is 7.80. The van der Waals surface area contributed by atoms with Gasteiger partial charge in [0.1, 0.15) is 17.2 Å². The van der Waals surface area contributed by atoms with Crippen molar-refractivity contribution in [2.24, 2.45) is 7.05 Å². The summed E-state index contributed by atoms with van der Waals surface area (Å²) in [6.45, 7) is 0. The first kappa shape index (κ1) is 15.8. The maximum Gasteiger partial charge on any atom is 0.433 e. The van der Waals surface area contributed by atoms with E-state index < -0.39 is 28.8 Å². The first-order valence-electron chi connectivity index (χ1n) is 5.45. The van der Waals surface area contributed by atoms with Gasteiger partial charge in [-0.15, -0.1) is 12.6 Å². The van der Waals surface area contributed by atoms with Gasteiger partial charge in [0.05, 0.1) is 5.02 Å². The Morgan fingerprint density at radius 2 is 1.90 bits per heavy atom. The molecule has 1 heterocycles. The van der Waals surface area contributed by atoms with Crippen LogP contribution in [0.2, 0.25) is 5.02 Å². The van der Waals surface area contributed by atoms with Gasteiger partial charge in [-0.1, -0.05) is 11.6 Å². The second-order valence-corrected chi connectivity index (χ2v) is 5.04. The molecule has 0 unspecified atom stereocenters. The number of thiol groups is 1. The molecular weight excluding hydrogens is 332 g/mol. The van der Waals surface area contributed by atoms with Crippen LogP contribution in [0.5, 0.6) is 0 Å². The fourth-order valence-electron chi connectivity index (χ4n) is 1.71. The fourth-order valence-corrected chi connectivity index (χ4v) is 2.05. The molecule has 0 saturated carbocycles. The van der Waals surface area contributed by atoms with Crippen molar-refractivity contribution >= 4 is 24.2 Å². The maximum absolute atomic E-state index is 13.8. The van der Waals surface area contributed by atoms with Crippen molar-refractivity contribution in [1.29, 1.82) is 0 Å². The van der Waals surface area contributed by atoms with Gasteiger partial charge in [0.2, 0.25) is 5.43 Å². The van der Waals surface area contributed by atoms with Crippen LogP contribution in [0.3, 0.4) is 0 Å². The van der Waals surface area contributed by atoms with E-state index in [4.69, 9.17) is 11.6 Å². The van der Waals surface area contributed by atoms with E-state index in [0.717, 1.165) is 19.2 Å². The highest BCUT2D eigenvalue weighted by Gasteiger charge is 2.34. The molecule has 0 N–H and O–H groups in total. The van der Waals surface area contributed by atoms with Crippen molar-refractivity contribution in [3.63, 3.8) is 0 Å². The molecule has 9 heteroatoms. The lowest BCUT2D eigenvalue weighted by Gasteiger charge is -2.12. The van der Waals surface area contributed by atoms with Crippen molar-refractivity contribution in [2.75, 3.05) is 0 Å². The number of aryl methyl sites for hydroxylation is 1. The van der Waals surface area contributed by atoms with Gasteiger partial charge in [0.15, 0.2) is 0 Å². The minimum atomic E-state index is -4.73. The van der Waals surface area contributed by atoms with Gasteiger partial charge < -0.3 is 0 Å². The number of hydrogen-bond acceptors (Lipinski definition) is 3. The Hall–Kier alpha value is -1.54. The van der Waals surface area contributed by atoms with Crippen LogP contribution in [-0.4, -0.2) is 9.78 Å². The summed E-state index contributed by atoms with van der Waals surface area (Å²) < 4.78 is 52.3. The first-order valence-corrected chi connectivity index (χ1v) is 6.27. The summed E-state index contributed by atoms with van der Waals surface area (Å²) in [6, 6.07) is 2.42. The van der Waals surface area contributed by atoms with Crippen LogP contribution in [0.25, 0.3) is 11.3 Å². The molecule has 0 radical (unpaired) electrons. The van der Waals surface area contributed by atoms with Crippen LogP contribution < -0.4 is 5.43 Å². The smallest absolute Gasteiger partial charge is 0.287 e. The van der Waals surface area contributed by atoms with Gasteiger partial charge in [0.25, 0.3) is 0 Å². The number of rotatable bonds is 1. The van der Waals surface area contributed by atoms with Crippen LogP contribution in [0.4, 0.5) is 17.6 Å². The number of aromatic nitrogens is 2. The zero-order chi connectivity index (χ0) is 15.9. The normalized spacial score (nSPS) is 11.8. The summed E-state index contributed by atoms with van der Waals surface area (Å²) in [5, 5.41) is 3.53. The largest absolute Gasteiger partial charge is 0.433 e. The van der Waals surface area contributed by atoms with Gasteiger partial charge in [-0.05, 0) is 12.1 Å². The molecule has 2 aromatic rings. The van der Waals surface area contributed by atoms with Gasteiger partial charge in [-0.2, -0.15) is 18.3 Å². The number of hydrogen-bond donors (Lipinski definition) is 1. The summed E-state index contributed by atoms with van der Waals surface area (Å²) in [5.74, 6) is -0.873. The molecule has 1 aromatic carbocycles. The SMILES string of the molecule is Cn1nc(-c2cc(S)c(Cl)cc2F)c(=O)cc1C(F)(F)F. The lowest BCUT2D eigenvalue weighted by atomic mass is 10.1. The molecule has 0 aliphatic carbocycles. The third kappa shape index (κ3) is 3.06. The predicted octanol–water partition coefficient (Wildman–Crippen LogP) is 3.55. The molecule has 0 aliphatic rings. The molecule has 3 nitrogen and oxygen atoms in total. The lowest BCUT2D eigenvalue weighted by Crippen LogP contribution is -2.22. The summed E-state index contributed by atoms with van der Waals surface area (Å²) in [4.78, 5) is 12.0. The molecule has 0 saturated heterocycles. The summed E-state index contributed by atoms with van der Waals surface area (Å²) in [7, 11) is 1.02. The van der Waals surface area contributed by atoms with Crippen molar-refractivity contribution < 1.29 is 17.6 Å². The molecular formula is C12H7ClF4N2OS. The predicted molar refractivity (Wildman–Crippen MR) is 72.1 cm³/mol. The highest BCUT2D eigenvalue weighted by Crippen LogP contribution is 2.30. The molecule has 2 rings (SSSR count). The van der Waals surface area contributed by atoms with Gasteiger partial charge in [0, 0.05) is 23.6 Å². The maximum atomic E-state index is 13.8. The Balaban J connectivity index is 2.70. The van der Waals surface area contributed by atoms with Crippen LogP contribution in [0, 0.1) is 5.82 Å². The number of benzene rings is 1. The second-order valence-electron chi connectivity index (χ2n) is 4.15. The van der Waals surface area contributed by atoms with E-state index in [-0.39, 0.29) is 15.5 Å². The van der Waals surface area contributed by atoms with E-state index >= 15 is 0 Å². The van der Waals surface area contributed by atoms with Crippen LogP contribution >= 0.6 is 24.2 Å². The van der Waals surface area contributed by atoms with E-state index in [1.165, 1.54) is 0 Å². The molecule has 1 aromatic heterocycles. The molecule has 112 valence electrons. The molecule has 0 atom stereocenters. The molecule has 0 fully saturated rings. The quantitative estimate of drug-likeness (QED) is 0.637. The molecule has 21 heavy (non-hydrogen) atoms. The Bertz CT molecular complexity index is 773. The molecule has 0 aliphatic heterocycles. The van der Waals surface area contributed by atoms with Gasteiger partial charge in [-0.25, -0.2) is 4.39 Å². The lowest BCUT2D eigenvalue weighted by molar-refractivity contribution is -0.144. The third-order valence-corrected chi connectivity index (χ3v) is 3.50. The number of halogens is 5. The second kappa shape index (κ2) is 5.34. The Morgan fingerprint density at radius 1 is 1.29 bits per heavy atom. The molecule has 0 spiro atoms. The van der Waals surface area contributed by atoms with E-state index in [2.05, 4.69) is 17.7 Å². The van der Waals surface area contributed by atoms with Crippen molar-refractivity contribution in [3.05, 3.63) is 45.0 Å². The van der Waals surface area contributed by atoms with Gasteiger partial charge >= 0.3 is 6.18 Å². The molecule has 0 bridgehead atoms. The van der Waals surface area contributed by atoms with E-state index in [0.29, 0.717) is 10.7 Å². The standard InChI is InChI=1S/C12H7ClF4N2OS/c1-19-10(12(15,16)17)4-8(20)11(18-19)5-2-9(21)6(13)3-7(5)14/h2-4,21H,1H3. The summed E-state index contributed by atoms with van der Waals surface area (Å²) >= 11 is 9.64. The average Bonchev–Trinajstić information content (AvgIpc) is 2.35. The zero-order valence-electron chi connectivity index (χ0n) is 10.4. The number of alkyl halides is 3. The third-order valence-electron chi connectivity index (χ3n) is 2.68. The first-order chi connectivity index (χ1) is 9.61.